The highest BCUT2D eigenvalue weighted by Gasteiger charge is 2.40. The summed E-state index contributed by atoms with van der Waals surface area (Å²) in [5.41, 5.74) is 20.5. The molecule has 1 aromatic heterocycles. The van der Waals surface area contributed by atoms with Crippen molar-refractivity contribution in [2.24, 2.45) is 0 Å². The zero-order chi connectivity index (χ0) is 42.1. The molecule has 0 bridgehead atoms. The number of fused-ring (bicyclic) bond motifs is 7. The Balaban J connectivity index is 1.03. The average Bonchev–Trinajstić information content (AvgIpc) is 3.84. The van der Waals surface area contributed by atoms with Crippen LogP contribution in [0.5, 0.6) is 0 Å². The second-order valence-electron chi connectivity index (χ2n) is 17.5. The lowest BCUT2D eigenvalue weighted by molar-refractivity contribution is 0.658. The predicted molar refractivity (Wildman–Crippen MR) is 266 cm³/mol. The van der Waals surface area contributed by atoms with Crippen molar-refractivity contribution >= 4 is 60.9 Å². The smallest absolute Gasteiger partial charge is 0.136 e. The molecule has 0 fully saturated rings. The largest absolute Gasteiger partial charge is 0.456 e. The van der Waals surface area contributed by atoms with Crippen molar-refractivity contribution in [3.63, 3.8) is 0 Å². The van der Waals surface area contributed by atoms with E-state index in [1.54, 1.807) is 0 Å². The maximum atomic E-state index is 6.31. The molecule has 9 aromatic carbocycles. The van der Waals surface area contributed by atoms with Crippen molar-refractivity contribution in [2.75, 3.05) is 4.90 Å². The van der Waals surface area contributed by atoms with E-state index in [2.05, 4.69) is 225 Å². The van der Waals surface area contributed by atoms with Crippen LogP contribution in [0, 0.1) is 0 Å². The molecule has 2 heteroatoms. The zero-order valence-corrected chi connectivity index (χ0v) is 35.5. The minimum absolute atomic E-state index is 0.0640. The van der Waals surface area contributed by atoms with E-state index in [0.29, 0.717) is 0 Å². The monoisotopic (exact) mass is 807 g/mol. The first-order chi connectivity index (χ1) is 31.0. The van der Waals surface area contributed by atoms with Crippen LogP contribution in [0.15, 0.2) is 222 Å². The lowest BCUT2D eigenvalue weighted by atomic mass is 9.75. The highest BCUT2D eigenvalue weighted by molar-refractivity contribution is 6.12. The Labute approximate surface area is 368 Å². The molecule has 300 valence electrons. The van der Waals surface area contributed by atoms with Gasteiger partial charge in [0.25, 0.3) is 0 Å². The van der Waals surface area contributed by atoms with Gasteiger partial charge in [-0.15, -0.1) is 0 Å². The maximum Gasteiger partial charge on any atom is 0.136 e. The standard InChI is InChI=1S/C61H45NO/c1-61(2)55-23-10-8-18-52(55)53-22-12-21-51(60(53)61)43-30-35-48(36-31-43)62(47-33-28-42(29-34-47)50-20-13-25-58-59(50)54-19-9-11-24-57(54)63-58)56-39-46(32-37-49(56)41-15-4-3-5-16-41)45-27-26-40-14-6-7-17-44(40)38-45/h3-11,13-20,22-39H,12,21H2,1-2H3. The predicted octanol–water partition coefficient (Wildman–Crippen LogP) is 17.1. The quantitative estimate of drug-likeness (QED) is 0.159. The van der Waals surface area contributed by atoms with Crippen molar-refractivity contribution < 1.29 is 4.42 Å². The zero-order valence-electron chi connectivity index (χ0n) is 35.5. The molecule has 1 heterocycles. The molecule has 0 unspecified atom stereocenters. The minimum Gasteiger partial charge on any atom is -0.456 e. The molecule has 2 nitrogen and oxygen atoms in total. The van der Waals surface area contributed by atoms with Gasteiger partial charge in [-0.2, -0.15) is 0 Å². The van der Waals surface area contributed by atoms with Gasteiger partial charge in [0.15, 0.2) is 0 Å². The first kappa shape index (κ1) is 37.1. The fourth-order valence-corrected chi connectivity index (χ4v) is 10.6. The van der Waals surface area contributed by atoms with Gasteiger partial charge in [0.2, 0.25) is 0 Å². The van der Waals surface area contributed by atoms with Crippen molar-refractivity contribution in [3.05, 3.63) is 235 Å². The van der Waals surface area contributed by atoms with E-state index in [-0.39, 0.29) is 5.41 Å². The van der Waals surface area contributed by atoms with E-state index in [0.717, 1.165) is 63.0 Å². The molecular weight excluding hydrogens is 763 g/mol. The van der Waals surface area contributed by atoms with Crippen LogP contribution in [0.25, 0.3) is 77.2 Å². The molecule has 0 saturated heterocycles. The number of rotatable bonds is 7. The molecule has 0 atom stereocenters. The van der Waals surface area contributed by atoms with E-state index < -0.39 is 0 Å². The average molecular weight is 808 g/mol. The topological polar surface area (TPSA) is 16.4 Å². The number of para-hydroxylation sites is 1. The van der Waals surface area contributed by atoms with Crippen LogP contribution in [0.4, 0.5) is 17.1 Å². The summed E-state index contributed by atoms with van der Waals surface area (Å²) in [5.74, 6) is 0. The number of hydrogen-bond donors (Lipinski definition) is 0. The molecule has 0 aliphatic heterocycles. The SMILES string of the molecule is CC1(C)C2=C(c3ccc(N(c4ccc(-c5cccc6oc7ccccc7c56)cc4)c4cc(-c5ccc6ccccc6c5)ccc4-c4ccccc4)cc3)CCC=C2c2ccccc21. The van der Waals surface area contributed by atoms with Crippen LogP contribution in [-0.2, 0) is 5.41 Å². The number of allylic oxidation sites excluding steroid dienone is 4. The molecule has 63 heavy (non-hydrogen) atoms. The number of hydrogen-bond acceptors (Lipinski definition) is 2. The molecule has 0 radical (unpaired) electrons. The van der Waals surface area contributed by atoms with Gasteiger partial charge < -0.3 is 9.32 Å². The van der Waals surface area contributed by atoms with Gasteiger partial charge in [-0.1, -0.05) is 178 Å². The molecule has 2 aliphatic rings. The third-order valence-electron chi connectivity index (χ3n) is 13.5. The molecule has 0 N–H and O–H groups in total. The van der Waals surface area contributed by atoms with E-state index >= 15 is 0 Å². The van der Waals surface area contributed by atoms with E-state index in [1.165, 1.54) is 66.4 Å². The van der Waals surface area contributed by atoms with Crippen LogP contribution < -0.4 is 4.90 Å². The van der Waals surface area contributed by atoms with Crippen LogP contribution >= 0.6 is 0 Å². The Bertz CT molecular complexity index is 3450. The van der Waals surface area contributed by atoms with Gasteiger partial charge >= 0.3 is 0 Å². The third kappa shape index (κ3) is 6.16. The maximum absolute atomic E-state index is 6.31. The van der Waals surface area contributed by atoms with Gasteiger partial charge in [-0.05, 0) is 133 Å². The molecule has 12 rings (SSSR count). The van der Waals surface area contributed by atoms with Crippen LogP contribution in [-0.4, -0.2) is 0 Å². The van der Waals surface area contributed by atoms with E-state index in [1.807, 2.05) is 6.07 Å². The second-order valence-corrected chi connectivity index (χ2v) is 17.5. The molecule has 0 spiro atoms. The van der Waals surface area contributed by atoms with E-state index in [4.69, 9.17) is 4.42 Å². The molecule has 2 aliphatic carbocycles. The van der Waals surface area contributed by atoms with Gasteiger partial charge in [-0.3, -0.25) is 0 Å². The van der Waals surface area contributed by atoms with Gasteiger partial charge in [0.05, 0.1) is 5.69 Å². The second kappa shape index (κ2) is 14.8. The van der Waals surface area contributed by atoms with Crippen molar-refractivity contribution in [2.45, 2.75) is 32.1 Å². The molecule has 0 saturated carbocycles. The minimum atomic E-state index is -0.0640. The van der Waals surface area contributed by atoms with Crippen LogP contribution in [0.3, 0.4) is 0 Å². The number of benzene rings is 9. The normalized spacial score (nSPS) is 14.2. The third-order valence-corrected chi connectivity index (χ3v) is 13.5. The van der Waals surface area contributed by atoms with E-state index in [9.17, 15) is 0 Å². The summed E-state index contributed by atoms with van der Waals surface area (Å²) in [5, 5.41) is 4.75. The highest BCUT2D eigenvalue weighted by Crippen LogP contribution is 2.55. The van der Waals surface area contributed by atoms with Crippen molar-refractivity contribution in [3.8, 4) is 33.4 Å². The van der Waals surface area contributed by atoms with Crippen molar-refractivity contribution in [1.82, 2.24) is 0 Å². The fourth-order valence-electron chi connectivity index (χ4n) is 10.6. The molecule has 0 amide bonds. The van der Waals surface area contributed by atoms with Crippen LogP contribution in [0.1, 0.15) is 43.4 Å². The summed E-state index contributed by atoms with van der Waals surface area (Å²) in [6, 6.07) is 75.4. The summed E-state index contributed by atoms with van der Waals surface area (Å²) >= 11 is 0. The molecule has 10 aromatic rings. The van der Waals surface area contributed by atoms with Gasteiger partial charge in [0, 0.05) is 33.1 Å². The van der Waals surface area contributed by atoms with Crippen LogP contribution in [0.2, 0.25) is 0 Å². The number of nitrogens with zero attached hydrogens (tertiary/aromatic N) is 1. The summed E-state index contributed by atoms with van der Waals surface area (Å²) in [6.07, 6.45) is 4.55. The Morgan fingerprint density at radius 1 is 0.460 bits per heavy atom. The summed E-state index contributed by atoms with van der Waals surface area (Å²) in [4.78, 5) is 2.45. The summed E-state index contributed by atoms with van der Waals surface area (Å²) < 4.78 is 6.31. The molecular formula is C61H45NO. The van der Waals surface area contributed by atoms with Gasteiger partial charge in [0.1, 0.15) is 11.2 Å². The lowest BCUT2D eigenvalue weighted by Crippen LogP contribution is -2.17. The highest BCUT2D eigenvalue weighted by atomic mass is 16.3. The number of furan rings is 1. The Hall–Kier alpha value is -7.68. The lowest BCUT2D eigenvalue weighted by Gasteiger charge is -2.30. The first-order valence-electron chi connectivity index (χ1n) is 22.1. The Kier molecular flexibility index (Phi) is 8.69. The summed E-state index contributed by atoms with van der Waals surface area (Å²) in [6.45, 7) is 4.80. The van der Waals surface area contributed by atoms with Gasteiger partial charge in [-0.25, -0.2) is 0 Å². The van der Waals surface area contributed by atoms with Crippen molar-refractivity contribution in [1.29, 1.82) is 0 Å². The fraction of sp³-hybridized carbons (Fsp3) is 0.0820. The first-order valence-corrected chi connectivity index (χ1v) is 22.1. The number of anilines is 3. The Morgan fingerprint density at radius 3 is 1.90 bits per heavy atom. The Morgan fingerprint density at radius 2 is 1.08 bits per heavy atom. The summed E-state index contributed by atoms with van der Waals surface area (Å²) in [7, 11) is 0.